The number of nitrogens with zero attached hydrogens (tertiary/aromatic N) is 3. The van der Waals surface area contributed by atoms with Crippen LogP contribution >= 0.6 is 19.5 Å². The van der Waals surface area contributed by atoms with Crippen molar-refractivity contribution in [1.82, 2.24) is 9.99 Å². The van der Waals surface area contributed by atoms with Gasteiger partial charge in [-0.05, 0) is 44.7 Å². The van der Waals surface area contributed by atoms with Crippen molar-refractivity contribution in [3.63, 3.8) is 0 Å². The molecule has 5 N–H and O–H groups in total. The van der Waals surface area contributed by atoms with Crippen molar-refractivity contribution >= 4 is 37.8 Å². The Kier molecular flexibility index (Phi) is 8.91. The number of thioether (sulfide) groups is 1. The summed E-state index contributed by atoms with van der Waals surface area (Å²) in [4.78, 5) is 21.8. The zero-order valence-corrected chi connectivity index (χ0v) is 21.6. The van der Waals surface area contributed by atoms with Crippen LogP contribution in [0.15, 0.2) is 40.3 Å². The minimum absolute atomic E-state index is 0.0344. The number of aliphatic hydroxyl groups is 2. The number of carbonyl (C=O) groups excluding carboxylic acids is 1. The average molecular weight is 542 g/mol. The fourth-order valence-electron chi connectivity index (χ4n) is 4.12. The Hall–Kier alpha value is -2.15. The lowest BCUT2D eigenvalue weighted by Gasteiger charge is -2.30. The highest BCUT2D eigenvalue weighted by atomic mass is 32.2. The van der Waals surface area contributed by atoms with Crippen LogP contribution in [0.1, 0.15) is 39.0 Å². The first-order chi connectivity index (χ1) is 17.2. The number of aliphatic hydroxyl groups excluding tert-OH is 2. The largest absolute Gasteiger partial charge is 0.461 e. The summed E-state index contributed by atoms with van der Waals surface area (Å²) in [5, 5.41) is 22.6. The summed E-state index contributed by atoms with van der Waals surface area (Å²) in [5.74, 6) is -0.269. The molecule has 2 fully saturated rings. The third-order valence-electron chi connectivity index (χ3n) is 6.04. The molecular weight excluding hydrogens is 509 g/mol. The van der Waals surface area contributed by atoms with E-state index < -0.39 is 37.5 Å². The number of benzene rings is 1. The zero-order chi connectivity index (χ0) is 25.7. The molecule has 0 spiro atoms. The maximum Gasteiger partial charge on any atom is 0.459 e. The summed E-state index contributed by atoms with van der Waals surface area (Å²) >= 11 is 1.32. The topological polar surface area (TPSA) is 168 Å². The van der Waals surface area contributed by atoms with Crippen LogP contribution < -0.4 is 15.3 Å². The standard InChI is InChI=1S/C22H32N5O7PS/c1-14(20(29)33-15-7-5-6-8-15)26-35(31,34-16-9-3-2-4-10-16)32-12-18-17(28)11-19(36-18)27-13-24-21(23)25-22(27)30/h2-4,9-10,13-15,17-19,22,28,30H,5-8,11-12H2,1H3,(H2,23,25)(H,26,31)/t14-,17?,18+,19+,22?,35?/m0/s1. The molecule has 3 aliphatic rings. The van der Waals surface area contributed by atoms with Gasteiger partial charge in [-0.15, -0.1) is 11.8 Å². The maximum atomic E-state index is 13.7. The van der Waals surface area contributed by atoms with Crippen LogP contribution in [0.25, 0.3) is 0 Å². The summed E-state index contributed by atoms with van der Waals surface area (Å²) in [6, 6.07) is 7.53. The molecule has 36 heavy (non-hydrogen) atoms. The number of guanidine groups is 1. The fraction of sp³-hybridized carbons (Fsp3) is 0.591. The second kappa shape index (κ2) is 11.9. The molecule has 1 aromatic carbocycles. The number of nitrogens with two attached hydrogens (primary N) is 1. The molecule has 1 aromatic rings. The van der Waals surface area contributed by atoms with E-state index in [-0.39, 0.29) is 24.0 Å². The molecule has 1 saturated heterocycles. The van der Waals surface area contributed by atoms with Crippen molar-refractivity contribution in [2.75, 3.05) is 6.61 Å². The second-order valence-corrected chi connectivity index (χ2v) is 12.0. The van der Waals surface area contributed by atoms with Crippen LogP contribution in [-0.2, 0) is 18.6 Å². The number of esters is 1. The number of hydrogen-bond acceptors (Lipinski definition) is 12. The van der Waals surface area contributed by atoms with Gasteiger partial charge in [0, 0.05) is 6.42 Å². The van der Waals surface area contributed by atoms with Gasteiger partial charge in [0.05, 0.1) is 29.7 Å². The molecule has 0 aromatic heterocycles. The number of carbonyl (C=O) groups is 1. The first-order valence-corrected chi connectivity index (χ1v) is 14.3. The number of hydrogen-bond donors (Lipinski definition) is 4. The summed E-state index contributed by atoms with van der Waals surface area (Å²) in [7, 11) is -4.05. The molecular formula is C22H32N5O7PS. The lowest BCUT2D eigenvalue weighted by molar-refractivity contribution is -0.150. The number of ether oxygens (including phenoxy) is 1. The molecule has 14 heteroatoms. The predicted molar refractivity (Wildman–Crippen MR) is 135 cm³/mol. The van der Waals surface area contributed by atoms with Crippen molar-refractivity contribution in [3.8, 4) is 5.75 Å². The highest BCUT2D eigenvalue weighted by Gasteiger charge is 2.41. The molecule has 0 radical (unpaired) electrons. The summed E-state index contributed by atoms with van der Waals surface area (Å²) in [6.45, 7) is 1.40. The van der Waals surface area contributed by atoms with Crippen molar-refractivity contribution in [1.29, 1.82) is 0 Å². The third-order valence-corrected chi connectivity index (χ3v) is 9.24. The van der Waals surface area contributed by atoms with Crippen molar-refractivity contribution < 1.29 is 33.4 Å². The van der Waals surface area contributed by atoms with E-state index in [1.54, 1.807) is 37.3 Å². The van der Waals surface area contributed by atoms with E-state index in [9.17, 15) is 19.6 Å². The van der Waals surface area contributed by atoms with Crippen LogP contribution in [0.5, 0.6) is 5.75 Å². The highest BCUT2D eigenvalue weighted by Crippen LogP contribution is 2.47. The molecule has 2 heterocycles. The highest BCUT2D eigenvalue weighted by molar-refractivity contribution is 8.00. The van der Waals surface area contributed by atoms with Gasteiger partial charge in [0.2, 0.25) is 12.3 Å². The Labute approximate surface area is 213 Å². The monoisotopic (exact) mass is 541 g/mol. The SMILES string of the molecule is C[C@H](NP(=O)(OC[C@H]1S[C@@H](N2C=NC(N)=NC2O)CC1O)Oc1ccccc1)C(=O)OC1CCCC1. The van der Waals surface area contributed by atoms with Crippen LogP contribution in [0.2, 0.25) is 0 Å². The quantitative estimate of drug-likeness (QED) is 0.252. The first-order valence-electron chi connectivity index (χ1n) is 11.9. The van der Waals surface area contributed by atoms with E-state index in [2.05, 4.69) is 15.1 Å². The van der Waals surface area contributed by atoms with Gasteiger partial charge in [-0.3, -0.25) is 9.32 Å². The van der Waals surface area contributed by atoms with Crippen LogP contribution in [0, 0.1) is 0 Å². The molecule has 1 aliphatic carbocycles. The Morgan fingerprint density at radius 1 is 1.31 bits per heavy atom. The third kappa shape index (κ3) is 6.99. The van der Waals surface area contributed by atoms with Crippen molar-refractivity contribution in [2.45, 2.75) is 74.3 Å². The Morgan fingerprint density at radius 3 is 2.72 bits per heavy atom. The van der Waals surface area contributed by atoms with E-state index in [1.807, 2.05) is 0 Å². The predicted octanol–water partition coefficient (Wildman–Crippen LogP) is 1.78. The van der Waals surface area contributed by atoms with E-state index in [4.69, 9.17) is 19.5 Å². The Balaban J connectivity index is 1.39. The smallest absolute Gasteiger partial charge is 0.459 e. The van der Waals surface area contributed by atoms with Gasteiger partial charge in [0.25, 0.3) is 0 Å². The maximum absolute atomic E-state index is 13.7. The van der Waals surface area contributed by atoms with Gasteiger partial charge >= 0.3 is 13.7 Å². The number of rotatable bonds is 10. The van der Waals surface area contributed by atoms with Gasteiger partial charge in [-0.25, -0.2) is 9.56 Å². The molecule has 198 valence electrons. The minimum Gasteiger partial charge on any atom is -0.461 e. The van der Waals surface area contributed by atoms with Gasteiger partial charge < -0.3 is 30.1 Å². The van der Waals surface area contributed by atoms with Gasteiger partial charge in [-0.1, -0.05) is 18.2 Å². The Bertz CT molecular complexity index is 1010. The Morgan fingerprint density at radius 2 is 2.03 bits per heavy atom. The number of aliphatic imine (C=N–C) groups is 2. The number of nitrogens with one attached hydrogen (secondary N) is 1. The lowest BCUT2D eigenvalue weighted by atomic mass is 10.2. The molecule has 4 rings (SSSR count). The summed E-state index contributed by atoms with van der Waals surface area (Å²) in [6.07, 6.45) is 3.17. The molecule has 0 bridgehead atoms. The van der Waals surface area contributed by atoms with E-state index in [1.165, 1.54) is 23.0 Å². The van der Waals surface area contributed by atoms with E-state index in [0.29, 0.717) is 12.2 Å². The summed E-state index contributed by atoms with van der Waals surface area (Å²) in [5.41, 5.74) is 5.51. The van der Waals surface area contributed by atoms with E-state index in [0.717, 1.165) is 25.7 Å². The second-order valence-electron chi connectivity index (χ2n) is 8.85. The molecule has 6 atom stereocenters. The molecule has 3 unspecified atom stereocenters. The number of para-hydroxylation sites is 1. The van der Waals surface area contributed by atoms with Gasteiger partial charge in [-0.2, -0.15) is 10.1 Å². The van der Waals surface area contributed by atoms with E-state index >= 15 is 0 Å². The fourth-order valence-corrected chi connectivity index (χ4v) is 7.19. The van der Waals surface area contributed by atoms with Crippen molar-refractivity contribution in [2.24, 2.45) is 15.7 Å². The first kappa shape index (κ1) is 26.9. The normalized spacial score (nSPS) is 29.0. The molecule has 2 aliphatic heterocycles. The molecule has 12 nitrogen and oxygen atoms in total. The molecule has 0 amide bonds. The lowest BCUT2D eigenvalue weighted by Crippen LogP contribution is -2.42. The zero-order valence-electron chi connectivity index (χ0n) is 19.9. The molecule has 1 saturated carbocycles. The average Bonchev–Trinajstić information content (AvgIpc) is 3.47. The van der Waals surface area contributed by atoms with Gasteiger partial charge in [0.15, 0.2) is 0 Å². The summed E-state index contributed by atoms with van der Waals surface area (Å²) < 4.78 is 30.6. The van der Waals surface area contributed by atoms with Crippen LogP contribution in [0.4, 0.5) is 0 Å². The van der Waals surface area contributed by atoms with Crippen LogP contribution in [-0.4, -0.2) is 75.2 Å². The van der Waals surface area contributed by atoms with Gasteiger partial charge in [0.1, 0.15) is 17.9 Å². The van der Waals surface area contributed by atoms with Crippen molar-refractivity contribution in [3.05, 3.63) is 30.3 Å². The minimum atomic E-state index is -4.05. The van der Waals surface area contributed by atoms with Crippen LogP contribution in [0.3, 0.4) is 0 Å².